The fourth-order valence-electron chi connectivity index (χ4n) is 4.69. The van der Waals surface area contributed by atoms with Crippen LogP contribution in [0.25, 0.3) is 0 Å². The standard InChI is InChI=1S/C30H46BFS/c1-20(2)25(7)30(10,11)18-13-12-16-29(8,9)17-14-15-21(3)19-26-23(5)22(4)24(6)27(31)28(26)33-32/h1,3,7,12-19H2,2,4-6,8-11H3. The van der Waals surface area contributed by atoms with Crippen molar-refractivity contribution in [2.75, 3.05) is 0 Å². The summed E-state index contributed by atoms with van der Waals surface area (Å²) in [7, 11) is 6.21. The Hall–Kier alpha value is -1.22. The average molecular weight is 469 g/mol. The SMILES string of the molecule is [B]c1c(C)c(C)c(C)c(CC(=C)CCCC(C)(C)CCCCC(C)(C)C(=C)C(=C)C)c1SF. The maximum Gasteiger partial charge on any atom is 0.115 e. The highest BCUT2D eigenvalue weighted by molar-refractivity contribution is 7.94. The number of hydrogen-bond acceptors (Lipinski definition) is 1. The smallest absolute Gasteiger partial charge is 0.115 e. The van der Waals surface area contributed by atoms with Gasteiger partial charge in [0.25, 0.3) is 0 Å². The third-order valence-corrected chi connectivity index (χ3v) is 8.25. The number of halogens is 1. The minimum absolute atomic E-state index is 0.125. The van der Waals surface area contributed by atoms with Crippen LogP contribution in [0.5, 0.6) is 0 Å². The predicted octanol–water partition coefficient (Wildman–Crippen LogP) is 9.40. The van der Waals surface area contributed by atoms with E-state index >= 15 is 0 Å². The summed E-state index contributed by atoms with van der Waals surface area (Å²) in [5.41, 5.74) is 8.73. The van der Waals surface area contributed by atoms with Gasteiger partial charge in [-0.2, -0.15) is 3.89 Å². The number of rotatable bonds is 14. The van der Waals surface area contributed by atoms with Gasteiger partial charge in [0.05, 0.1) is 12.1 Å². The van der Waals surface area contributed by atoms with E-state index in [4.69, 9.17) is 7.85 Å². The van der Waals surface area contributed by atoms with Gasteiger partial charge in [0.15, 0.2) is 0 Å². The van der Waals surface area contributed by atoms with Gasteiger partial charge < -0.3 is 0 Å². The fourth-order valence-corrected chi connectivity index (χ4v) is 5.25. The van der Waals surface area contributed by atoms with Crippen molar-refractivity contribution in [1.29, 1.82) is 0 Å². The molecule has 0 aliphatic heterocycles. The van der Waals surface area contributed by atoms with Gasteiger partial charge in [-0.3, -0.25) is 0 Å². The summed E-state index contributed by atoms with van der Waals surface area (Å²) in [6, 6.07) is 0. The highest BCUT2D eigenvalue weighted by atomic mass is 32.2. The van der Waals surface area contributed by atoms with Gasteiger partial charge in [-0.25, -0.2) is 0 Å². The van der Waals surface area contributed by atoms with Crippen LogP contribution in [0.1, 0.15) is 102 Å². The molecule has 1 aromatic carbocycles. The van der Waals surface area contributed by atoms with E-state index in [2.05, 4.69) is 68.2 Å². The Morgan fingerprint density at radius 2 is 1.42 bits per heavy atom. The molecule has 1 rings (SSSR count). The maximum absolute atomic E-state index is 13.7. The first kappa shape index (κ1) is 29.8. The molecule has 0 heterocycles. The highest BCUT2D eigenvalue weighted by Gasteiger charge is 2.23. The largest absolute Gasteiger partial charge is 0.160 e. The molecule has 3 heteroatoms. The van der Waals surface area contributed by atoms with Gasteiger partial charge in [-0.1, -0.05) is 82.4 Å². The lowest BCUT2D eigenvalue weighted by Gasteiger charge is -2.29. The van der Waals surface area contributed by atoms with E-state index in [0.29, 0.717) is 22.2 Å². The molecule has 0 aromatic heterocycles. The summed E-state index contributed by atoms with van der Waals surface area (Å²) < 4.78 is 13.7. The second kappa shape index (κ2) is 12.5. The van der Waals surface area contributed by atoms with Gasteiger partial charge >= 0.3 is 0 Å². The number of hydrogen-bond donors (Lipinski definition) is 0. The predicted molar refractivity (Wildman–Crippen MR) is 150 cm³/mol. The van der Waals surface area contributed by atoms with Crippen LogP contribution in [0.15, 0.2) is 41.4 Å². The van der Waals surface area contributed by atoms with E-state index in [1.165, 1.54) is 31.3 Å². The molecule has 0 amide bonds. The first-order valence-corrected chi connectivity index (χ1v) is 13.0. The van der Waals surface area contributed by atoms with Crippen LogP contribution >= 0.6 is 12.1 Å². The van der Waals surface area contributed by atoms with Crippen LogP contribution in [0.3, 0.4) is 0 Å². The molecule has 0 saturated carbocycles. The average Bonchev–Trinajstić information content (AvgIpc) is 2.73. The fraction of sp³-hybridized carbons (Fsp3) is 0.600. The van der Waals surface area contributed by atoms with Crippen molar-refractivity contribution in [2.24, 2.45) is 10.8 Å². The summed E-state index contributed by atoms with van der Waals surface area (Å²) >= 11 is 0.269. The molecule has 182 valence electrons. The zero-order valence-electron chi connectivity index (χ0n) is 22.6. The molecule has 0 saturated heterocycles. The molecular weight excluding hydrogens is 422 g/mol. The molecule has 33 heavy (non-hydrogen) atoms. The molecule has 0 fully saturated rings. The van der Waals surface area contributed by atoms with Crippen LogP contribution in [-0.2, 0) is 6.42 Å². The van der Waals surface area contributed by atoms with E-state index in [-0.39, 0.29) is 17.6 Å². The normalized spacial score (nSPS) is 12.2. The van der Waals surface area contributed by atoms with Crippen LogP contribution in [0.4, 0.5) is 3.89 Å². The Labute approximate surface area is 210 Å². The van der Waals surface area contributed by atoms with E-state index in [0.717, 1.165) is 52.7 Å². The van der Waals surface area contributed by atoms with Crippen LogP contribution in [0.2, 0.25) is 0 Å². The van der Waals surface area contributed by atoms with Crippen LogP contribution in [0, 0.1) is 31.6 Å². The van der Waals surface area contributed by atoms with E-state index in [9.17, 15) is 3.89 Å². The third kappa shape index (κ3) is 8.50. The summed E-state index contributed by atoms with van der Waals surface area (Å²) in [6.07, 6.45) is 8.78. The monoisotopic (exact) mass is 468 g/mol. The zero-order chi connectivity index (χ0) is 25.6. The number of unbranched alkanes of at least 4 members (excludes halogenated alkanes) is 1. The Bertz CT molecular complexity index is 876. The lowest BCUT2D eigenvalue weighted by molar-refractivity contribution is 0.277. The van der Waals surface area contributed by atoms with Crippen molar-refractivity contribution in [3.8, 4) is 0 Å². The Morgan fingerprint density at radius 3 is 1.97 bits per heavy atom. The van der Waals surface area contributed by atoms with Crippen molar-refractivity contribution in [3.05, 3.63) is 58.7 Å². The summed E-state index contributed by atoms with van der Waals surface area (Å²) in [5, 5.41) is 0. The van der Waals surface area contributed by atoms with Crippen molar-refractivity contribution in [2.45, 2.75) is 112 Å². The van der Waals surface area contributed by atoms with Crippen molar-refractivity contribution in [1.82, 2.24) is 0 Å². The highest BCUT2D eigenvalue weighted by Crippen LogP contribution is 2.37. The molecular formula is C30H46BFS. The van der Waals surface area contributed by atoms with Gasteiger partial charge in [-0.05, 0) is 99.3 Å². The lowest BCUT2D eigenvalue weighted by atomic mass is 9.76. The van der Waals surface area contributed by atoms with Gasteiger partial charge in [0.2, 0.25) is 0 Å². The van der Waals surface area contributed by atoms with Crippen LogP contribution < -0.4 is 5.46 Å². The van der Waals surface area contributed by atoms with Gasteiger partial charge in [0, 0.05) is 4.90 Å². The molecule has 2 radical (unpaired) electrons. The quantitative estimate of drug-likeness (QED) is 0.113. The zero-order valence-corrected chi connectivity index (χ0v) is 23.5. The lowest BCUT2D eigenvalue weighted by Crippen LogP contribution is -2.17. The Balaban J connectivity index is 2.56. The summed E-state index contributed by atoms with van der Waals surface area (Å²) in [6.45, 7) is 30.1. The number of benzene rings is 1. The molecule has 0 bridgehead atoms. The van der Waals surface area contributed by atoms with Crippen molar-refractivity contribution in [3.63, 3.8) is 0 Å². The summed E-state index contributed by atoms with van der Waals surface area (Å²) in [5.74, 6) is 0. The maximum atomic E-state index is 13.7. The van der Waals surface area contributed by atoms with Crippen molar-refractivity contribution >= 4 is 25.5 Å². The molecule has 0 unspecified atom stereocenters. The topological polar surface area (TPSA) is 0 Å². The molecule has 0 aliphatic carbocycles. The van der Waals surface area contributed by atoms with E-state index in [1.807, 2.05) is 6.92 Å². The van der Waals surface area contributed by atoms with E-state index < -0.39 is 0 Å². The molecule has 0 N–H and O–H groups in total. The first-order valence-electron chi connectivity index (χ1n) is 12.3. The Kier molecular flexibility index (Phi) is 11.3. The molecule has 1 aromatic rings. The minimum Gasteiger partial charge on any atom is -0.160 e. The van der Waals surface area contributed by atoms with Crippen molar-refractivity contribution < 1.29 is 3.89 Å². The molecule has 0 aliphatic rings. The second-order valence-corrected chi connectivity index (χ2v) is 12.0. The number of allylic oxidation sites excluding steroid dienone is 3. The minimum atomic E-state index is 0.125. The molecule has 0 atom stereocenters. The first-order chi connectivity index (χ1) is 15.1. The summed E-state index contributed by atoms with van der Waals surface area (Å²) in [4.78, 5) is 0.578. The molecule has 0 nitrogen and oxygen atoms in total. The van der Waals surface area contributed by atoms with Gasteiger partial charge in [0.1, 0.15) is 7.85 Å². The third-order valence-electron chi connectivity index (χ3n) is 7.63. The van der Waals surface area contributed by atoms with Crippen LogP contribution in [-0.4, -0.2) is 7.85 Å². The Morgan fingerprint density at radius 1 is 0.879 bits per heavy atom. The van der Waals surface area contributed by atoms with E-state index in [1.54, 1.807) is 0 Å². The van der Waals surface area contributed by atoms with Gasteiger partial charge in [-0.15, -0.1) is 0 Å². The molecule has 0 spiro atoms. The second-order valence-electron chi connectivity index (χ2n) is 11.5.